The first kappa shape index (κ1) is 31.2. The third-order valence-corrected chi connectivity index (χ3v) is 12.4. The van der Waals surface area contributed by atoms with Crippen LogP contribution < -0.4 is 0 Å². The average Bonchev–Trinajstić information content (AvgIpc) is 3.59. The summed E-state index contributed by atoms with van der Waals surface area (Å²) < 4.78 is 0. The quantitative estimate of drug-likeness (QED) is 0.172. The van der Waals surface area contributed by atoms with Gasteiger partial charge in [0.1, 0.15) is 0 Å². The monoisotopic (exact) mass is 690 g/mol. The number of hydrogen-bond acceptors (Lipinski definition) is 2. The minimum Gasteiger partial charge on any atom is -0.228 e. The number of hydrogen-bond donors (Lipinski definition) is 0. The molecule has 9 aromatic rings. The Morgan fingerprint density at radius 1 is 0.370 bits per heavy atom. The molecule has 256 valence electrons. The lowest BCUT2D eigenvalue weighted by molar-refractivity contribution is 0.661. The Hall–Kier alpha value is -6.38. The van der Waals surface area contributed by atoms with E-state index in [9.17, 15) is 0 Å². The van der Waals surface area contributed by atoms with Crippen molar-refractivity contribution < 1.29 is 0 Å². The highest BCUT2D eigenvalue weighted by Gasteiger charge is 2.40. The number of fused-ring (bicyclic) bond motifs is 12. The normalized spacial score (nSPS) is 14.6. The second kappa shape index (κ2) is 11.1. The second-order valence-corrected chi connectivity index (χ2v) is 16.2. The van der Waals surface area contributed by atoms with Crippen LogP contribution in [0.4, 0.5) is 0 Å². The molecule has 54 heavy (non-hydrogen) atoms. The van der Waals surface area contributed by atoms with Crippen molar-refractivity contribution in [2.75, 3.05) is 0 Å². The predicted molar refractivity (Wildman–Crippen MR) is 226 cm³/mol. The Balaban J connectivity index is 1.14. The molecular formula is C52H38N2. The molecule has 0 N–H and O–H groups in total. The molecule has 1 heterocycles. The minimum absolute atomic E-state index is 0.141. The largest absolute Gasteiger partial charge is 0.228 e. The fourth-order valence-corrected chi connectivity index (χ4v) is 9.78. The Kier molecular flexibility index (Phi) is 6.39. The summed E-state index contributed by atoms with van der Waals surface area (Å²) in [6.07, 6.45) is 0. The predicted octanol–water partition coefficient (Wildman–Crippen LogP) is 13.5. The number of aromatic nitrogens is 2. The highest BCUT2D eigenvalue weighted by atomic mass is 14.9. The molecule has 0 fully saturated rings. The number of benzene rings is 8. The van der Waals surface area contributed by atoms with Gasteiger partial charge in [-0.05, 0) is 101 Å². The Bertz CT molecular complexity index is 3040. The van der Waals surface area contributed by atoms with E-state index in [1.807, 2.05) is 0 Å². The Morgan fingerprint density at radius 2 is 1.00 bits per heavy atom. The Labute approximate surface area is 315 Å². The first-order valence-electron chi connectivity index (χ1n) is 19.0. The molecule has 0 radical (unpaired) electrons. The lowest BCUT2D eigenvalue weighted by Gasteiger charge is -2.24. The number of nitrogens with zero attached hydrogens (tertiary/aromatic N) is 2. The van der Waals surface area contributed by atoms with Crippen LogP contribution in [-0.2, 0) is 10.8 Å². The van der Waals surface area contributed by atoms with Crippen LogP contribution in [0.3, 0.4) is 0 Å². The van der Waals surface area contributed by atoms with E-state index in [2.05, 4.69) is 185 Å². The maximum absolute atomic E-state index is 5.35. The molecule has 0 atom stereocenters. The second-order valence-electron chi connectivity index (χ2n) is 16.2. The maximum Gasteiger partial charge on any atom is 0.160 e. The summed E-state index contributed by atoms with van der Waals surface area (Å²) in [7, 11) is 0. The summed E-state index contributed by atoms with van der Waals surface area (Å²) in [5.41, 5.74) is 15.4. The van der Waals surface area contributed by atoms with Gasteiger partial charge in [-0.3, -0.25) is 0 Å². The standard InChI is InChI=1S/C52H38N2/c1-51(2)42-24-14-23-40(47(42)41-27-32-17-8-9-18-33(32)28-44(41)51)46-30-45(53-50(54-46)31-15-6-5-7-16-31)34-25-26-39-43(29-34)52(3,4)49-38-22-13-11-20-36(38)35-19-10-12-21-37(35)48(39)49/h5-30H,1-4H3. The van der Waals surface area contributed by atoms with Gasteiger partial charge in [-0.2, -0.15) is 0 Å². The first-order chi connectivity index (χ1) is 26.3. The summed E-state index contributed by atoms with van der Waals surface area (Å²) in [5, 5.41) is 7.80. The van der Waals surface area contributed by atoms with Crippen LogP contribution in [0, 0.1) is 0 Å². The van der Waals surface area contributed by atoms with Crippen molar-refractivity contribution in [2.24, 2.45) is 0 Å². The third kappa shape index (κ3) is 4.28. The van der Waals surface area contributed by atoms with Gasteiger partial charge >= 0.3 is 0 Å². The van der Waals surface area contributed by atoms with Gasteiger partial charge in [-0.25, -0.2) is 9.97 Å². The molecule has 11 rings (SSSR count). The molecule has 0 spiro atoms. The lowest BCUT2D eigenvalue weighted by Crippen LogP contribution is -2.15. The van der Waals surface area contributed by atoms with Crippen LogP contribution in [0.5, 0.6) is 0 Å². The van der Waals surface area contributed by atoms with Gasteiger partial charge in [0.25, 0.3) is 0 Å². The molecule has 0 unspecified atom stereocenters. The molecule has 2 aliphatic carbocycles. The molecule has 0 aliphatic heterocycles. The average molecular weight is 691 g/mol. The third-order valence-electron chi connectivity index (χ3n) is 12.4. The zero-order valence-corrected chi connectivity index (χ0v) is 30.9. The van der Waals surface area contributed by atoms with Crippen molar-refractivity contribution >= 4 is 32.3 Å². The molecular weight excluding hydrogens is 653 g/mol. The molecule has 0 bridgehead atoms. The Morgan fingerprint density at radius 3 is 1.78 bits per heavy atom. The van der Waals surface area contributed by atoms with Gasteiger partial charge in [0.2, 0.25) is 0 Å². The fourth-order valence-electron chi connectivity index (χ4n) is 9.78. The van der Waals surface area contributed by atoms with Crippen molar-refractivity contribution in [1.29, 1.82) is 0 Å². The van der Waals surface area contributed by atoms with Crippen molar-refractivity contribution in [2.45, 2.75) is 38.5 Å². The smallest absolute Gasteiger partial charge is 0.160 e. The van der Waals surface area contributed by atoms with E-state index < -0.39 is 0 Å². The van der Waals surface area contributed by atoms with E-state index in [1.165, 1.54) is 76.8 Å². The maximum atomic E-state index is 5.35. The van der Waals surface area contributed by atoms with Gasteiger partial charge in [0, 0.05) is 27.5 Å². The van der Waals surface area contributed by atoms with Crippen LogP contribution in [0.1, 0.15) is 49.9 Å². The highest BCUT2D eigenvalue weighted by molar-refractivity contribution is 6.18. The summed E-state index contributed by atoms with van der Waals surface area (Å²) in [6.45, 7) is 9.49. The van der Waals surface area contributed by atoms with Crippen LogP contribution >= 0.6 is 0 Å². The van der Waals surface area contributed by atoms with Crippen LogP contribution in [0.25, 0.3) is 88.5 Å². The molecule has 0 amide bonds. The molecule has 8 aromatic carbocycles. The zero-order chi connectivity index (χ0) is 36.3. The van der Waals surface area contributed by atoms with E-state index in [1.54, 1.807) is 0 Å². The van der Waals surface area contributed by atoms with Gasteiger partial charge in [-0.1, -0.05) is 161 Å². The fraction of sp³-hybridized carbons (Fsp3) is 0.115. The summed E-state index contributed by atoms with van der Waals surface area (Å²) in [5.74, 6) is 0.733. The molecule has 2 aliphatic rings. The minimum atomic E-state index is -0.208. The molecule has 0 saturated heterocycles. The SMILES string of the molecule is CC1(C)c2cc3ccccc3cc2-c2c(-c3cc(-c4ccc5c(c4)C(C)(C)c4c-5c5ccccc5c5ccccc45)nc(-c4ccccc4)n3)cccc21. The molecule has 0 saturated carbocycles. The summed E-state index contributed by atoms with van der Waals surface area (Å²) in [6, 6.07) is 57.7. The van der Waals surface area contributed by atoms with E-state index in [0.29, 0.717) is 0 Å². The van der Waals surface area contributed by atoms with E-state index in [-0.39, 0.29) is 10.8 Å². The van der Waals surface area contributed by atoms with Crippen LogP contribution in [0.2, 0.25) is 0 Å². The van der Waals surface area contributed by atoms with Crippen molar-refractivity contribution in [1.82, 2.24) is 9.97 Å². The lowest BCUT2D eigenvalue weighted by atomic mass is 9.79. The molecule has 2 heteroatoms. The summed E-state index contributed by atoms with van der Waals surface area (Å²) in [4.78, 5) is 10.7. The van der Waals surface area contributed by atoms with Crippen LogP contribution in [-0.4, -0.2) is 9.97 Å². The van der Waals surface area contributed by atoms with E-state index >= 15 is 0 Å². The first-order valence-corrected chi connectivity index (χ1v) is 19.0. The van der Waals surface area contributed by atoms with E-state index in [0.717, 1.165) is 33.9 Å². The van der Waals surface area contributed by atoms with E-state index in [4.69, 9.17) is 9.97 Å². The van der Waals surface area contributed by atoms with Crippen LogP contribution in [0.15, 0.2) is 158 Å². The van der Waals surface area contributed by atoms with Gasteiger partial charge < -0.3 is 0 Å². The van der Waals surface area contributed by atoms with Gasteiger partial charge in [0.05, 0.1) is 11.4 Å². The van der Waals surface area contributed by atoms with Crippen molar-refractivity contribution in [3.63, 3.8) is 0 Å². The van der Waals surface area contributed by atoms with Crippen molar-refractivity contribution in [3.05, 3.63) is 180 Å². The highest BCUT2D eigenvalue weighted by Crippen LogP contribution is 2.56. The molecule has 2 nitrogen and oxygen atoms in total. The summed E-state index contributed by atoms with van der Waals surface area (Å²) >= 11 is 0. The topological polar surface area (TPSA) is 25.8 Å². The van der Waals surface area contributed by atoms with Gasteiger partial charge in [-0.15, -0.1) is 0 Å². The number of rotatable bonds is 3. The van der Waals surface area contributed by atoms with Gasteiger partial charge in [0.15, 0.2) is 5.82 Å². The molecule has 1 aromatic heterocycles. The zero-order valence-electron chi connectivity index (χ0n) is 30.9. The van der Waals surface area contributed by atoms with Crippen molar-refractivity contribution in [3.8, 4) is 56.2 Å².